The first kappa shape index (κ1) is 27.0. The number of aromatic nitrogens is 1. The summed E-state index contributed by atoms with van der Waals surface area (Å²) >= 11 is 0. The first-order valence-corrected chi connectivity index (χ1v) is 13.6. The SMILES string of the molecule is O=[N+]([O-])c1ccc(-n2c(-c3ccccc3)cc(/C=N/NS(=O)(=O)c3ccccc3[N+](=O)[O-])c2-c2ccccc2)cc1. The highest BCUT2D eigenvalue weighted by molar-refractivity contribution is 7.89. The van der Waals surface area contributed by atoms with Crippen LogP contribution in [-0.4, -0.2) is 29.0 Å². The molecule has 5 rings (SSSR count). The molecule has 5 aromatic rings. The van der Waals surface area contributed by atoms with Crippen LogP contribution < -0.4 is 4.83 Å². The van der Waals surface area contributed by atoms with Crippen molar-refractivity contribution < 1.29 is 18.3 Å². The molecule has 0 saturated heterocycles. The first-order chi connectivity index (χ1) is 19.8. The molecule has 0 saturated carbocycles. The molecule has 4 aromatic carbocycles. The summed E-state index contributed by atoms with van der Waals surface area (Å²) in [4.78, 5) is 23.0. The lowest BCUT2D eigenvalue weighted by molar-refractivity contribution is -0.387. The summed E-state index contributed by atoms with van der Waals surface area (Å²) in [6, 6.07) is 31.6. The van der Waals surface area contributed by atoms with Crippen molar-refractivity contribution in [2.24, 2.45) is 5.10 Å². The minimum Gasteiger partial charge on any atom is -0.309 e. The van der Waals surface area contributed by atoms with Crippen molar-refractivity contribution in [3.05, 3.63) is 141 Å². The Morgan fingerprint density at radius 1 is 0.732 bits per heavy atom. The number of benzene rings is 4. The molecule has 0 aliphatic heterocycles. The number of nitrogens with one attached hydrogen (secondary N) is 1. The fraction of sp³-hybridized carbons (Fsp3) is 0. The maximum atomic E-state index is 12.9. The Hall–Kier alpha value is -5.62. The molecule has 0 aliphatic carbocycles. The van der Waals surface area contributed by atoms with E-state index in [0.29, 0.717) is 16.9 Å². The van der Waals surface area contributed by atoms with E-state index >= 15 is 0 Å². The molecule has 41 heavy (non-hydrogen) atoms. The fourth-order valence-electron chi connectivity index (χ4n) is 4.38. The van der Waals surface area contributed by atoms with Crippen molar-refractivity contribution in [1.82, 2.24) is 9.40 Å². The summed E-state index contributed by atoms with van der Waals surface area (Å²) in [5.41, 5.74) is 3.50. The Morgan fingerprint density at radius 3 is 1.93 bits per heavy atom. The number of rotatable bonds is 9. The van der Waals surface area contributed by atoms with E-state index < -0.39 is 30.5 Å². The van der Waals surface area contributed by atoms with Gasteiger partial charge in [-0.1, -0.05) is 72.8 Å². The van der Waals surface area contributed by atoms with E-state index in [2.05, 4.69) is 9.93 Å². The molecule has 12 heteroatoms. The van der Waals surface area contributed by atoms with Crippen molar-refractivity contribution in [1.29, 1.82) is 0 Å². The quantitative estimate of drug-likeness (QED) is 0.132. The predicted octanol–water partition coefficient (Wildman–Crippen LogP) is 5.94. The third-order valence-corrected chi connectivity index (χ3v) is 7.46. The molecule has 0 unspecified atom stereocenters. The van der Waals surface area contributed by atoms with E-state index in [0.717, 1.165) is 29.0 Å². The summed E-state index contributed by atoms with van der Waals surface area (Å²) in [7, 11) is -4.36. The van der Waals surface area contributed by atoms with E-state index in [-0.39, 0.29) is 5.69 Å². The maximum absolute atomic E-state index is 12.9. The number of hydrogen-bond donors (Lipinski definition) is 1. The maximum Gasteiger partial charge on any atom is 0.289 e. The molecule has 1 aromatic heterocycles. The number of nitrogens with zero attached hydrogens (tertiary/aromatic N) is 4. The number of hydrazone groups is 1. The lowest BCUT2D eigenvalue weighted by Gasteiger charge is -2.15. The van der Waals surface area contributed by atoms with E-state index in [9.17, 15) is 28.6 Å². The predicted molar refractivity (Wildman–Crippen MR) is 154 cm³/mol. The van der Waals surface area contributed by atoms with Gasteiger partial charge in [-0.15, -0.1) is 0 Å². The number of para-hydroxylation sites is 1. The van der Waals surface area contributed by atoms with Crippen molar-refractivity contribution >= 4 is 27.6 Å². The number of hydrogen-bond acceptors (Lipinski definition) is 7. The van der Waals surface area contributed by atoms with Gasteiger partial charge in [0.15, 0.2) is 4.90 Å². The largest absolute Gasteiger partial charge is 0.309 e. The number of sulfonamides is 1. The second-order valence-corrected chi connectivity index (χ2v) is 10.4. The van der Waals surface area contributed by atoms with Crippen LogP contribution in [0.3, 0.4) is 0 Å². The Balaban J connectivity index is 1.66. The average Bonchev–Trinajstić information content (AvgIpc) is 3.37. The molecular formula is C29H21N5O6S. The molecular weight excluding hydrogens is 546 g/mol. The number of nitro benzene ring substituents is 2. The molecule has 1 heterocycles. The molecule has 0 spiro atoms. The monoisotopic (exact) mass is 567 g/mol. The van der Waals surface area contributed by atoms with Crippen LogP contribution in [0.4, 0.5) is 11.4 Å². The molecule has 11 nitrogen and oxygen atoms in total. The second kappa shape index (κ2) is 11.2. The molecule has 0 aliphatic rings. The molecule has 0 bridgehead atoms. The smallest absolute Gasteiger partial charge is 0.289 e. The average molecular weight is 568 g/mol. The van der Waals surface area contributed by atoms with Gasteiger partial charge in [-0.05, 0) is 35.4 Å². The highest BCUT2D eigenvalue weighted by atomic mass is 32.2. The molecule has 0 radical (unpaired) electrons. The Labute approximate surface area is 234 Å². The van der Waals surface area contributed by atoms with Crippen molar-refractivity contribution in [2.75, 3.05) is 0 Å². The van der Waals surface area contributed by atoms with Crippen molar-refractivity contribution in [3.63, 3.8) is 0 Å². The summed E-state index contributed by atoms with van der Waals surface area (Å²) in [6.45, 7) is 0. The van der Waals surface area contributed by atoms with Crippen molar-refractivity contribution in [3.8, 4) is 28.2 Å². The van der Waals surface area contributed by atoms with Crippen LogP contribution in [-0.2, 0) is 10.0 Å². The molecule has 204 valence electrons. The Morgan fingerprint density at radius 2 is 1.32 bits per heavy atom. The third-order valence-electron chi connectivity index (χ3n) is 6.19. The highest BCUT2D eigenvalue weighted by Gasteiger charge is 2.25. The van der Waals surface area contributed by atoms with Crippen LogP contribution in [0.25, 0.3) is 28.2 Å². The van der Waals surface area contributed by atoms with Gasteiger partial charge in [0.05, 0.1) is 27.4 Å². The van der Waals surface area contributed by atoms with Gasteiger partial charge in [0.2, 0.25) is 0 Å². The van der Waals surface area contributed by atoms with Crippen molar-refractivity contribution in [2.45, 2.75) is 4.90 Å². The van der Waals surface area contributed by atoms with Gasteiger partial charge in [-0.2, -0.15) is 18.4 Å². The molecule has 0 fully saturated rings. The standard InChI is InChI=1S/C29H21N5O6S/c35-33(36)25-17-15-24(16-18-25)32-27(21-9-3-1-4-10-21)19-23(29(32)22-11-5-2-6-12-22)20-30-31-41(39,40)28-14-8-7-13-26(28)34(37)38/h1-20,31H/b30-20+. The van der Waals surface area contributed by atoms with E-state index in [1.54, 1.807) is 12.1 Å². The lowest BCUT2D eigenvalue weighted by atomic mass is 10.1. The van der Waals surface area contributed by atoms with E-state index in [4.69, 9.17) is 0 Å². The van der Waals surface area contributed by atoms with Gasteiger partial charge in [0.25, 0.3) is 21.4 Å². The zero-order chi connectivity index (χ0) is 29.0. The minimum atomic E-state index is -4.36. The third kappa shape index (κ3) is 5.58. The number of non-ortho nitro benzene ring substituents is 1. The van der Waals surface area contributed by atoms with Gasteiger partial charge in [0.1, 0.15) is 0 Å². The Bertz CT molecular complexity index is 1870. The van der Waals surface area contributed by atoms with Crippen LogP contribution in [0.5, 0.6) is 0 Å². The summed E-state index contributed by atoms with van der Waals surface area (Å²) in [5, 5.41) is 26.6. The van der Waals surface area contributed by atoms with Crippen LogP contribution in [0, 0.1) is 20.2 Å². The second-order valence-electron chi connectivity index (χ2n) is 8.75. The summed E-state index contributed by atoms with van der Waals surface area (Å²) in [6.07, 6.45) is 1.32. The van der Waals surface area contributed by atoms with Gasteiger partial charge >= 0.3 is 0 Å². The van der Waals surface area contributed by atoms with Crippen LogP contribution in [0.1, 0.15) is 5.56 Å². The minimum absolute atomic E-state index is 0.0605. The van der Waals surface area contributed by atoms with Gasteiger partial charge < -0.3 is 4.57 Å². The lowest BCUT2D eigenvalue weighted by Crippen LogP contribution is -2.19. The molecule has 1 N–H and O–H groups in total. The zero-order valence-corrected chi connectivity index (χ0v) is 22.0. The molecule has 0 amide bonds. The molecule has 0 atom stereocenters. The Kier molecular flexibility index (Phi) is 7.39. The van der Waals surface area contributed by atoms with Gasteiger partial charge in [-0.25, -0.2) is 0 Å². The van der Waals surface area contributed by atoms with Crippen LogP contribution >= 0.6 is 0 Å². The summed E-state index contributed by atoms with van der Waals surface area (Å²) < 4.78 is 27.7. The highest BCUT2D eigenvalue weighted by Crippen LogP contribution is 2.36. The topological polar surface area (TPSA) is 150 Å². The number of nitro groups is 2. The van der Waals surface area contributed by atoms with Gasteiger partial charge in [0, 0.05) is 29.4 Å². The zero-order valence-electron chi connectivity index (χ0n) is 21.2. The van der Waals surface area contributed by atoms with Gasteiger partial charge in [-0.3, -0.25) is 20.2 Å². The summed E-state index contributed by atoms with van der Waals surface area (Å²) in [5.74, 6) is 0. The van der Waals surface area contributed by atoms with Crippen LogP contribution in [0.15, 0.2) is 125 Å². The normalized spacial score (nSPS) is 11.4. The van der Waals surface area contributed by atoms with E-state index in [1.807, 2.05) is 71.3 Å². The van der Waals surface area contributed by atoms with E-state index in [1.165, 1.54) is 30.5 Å². The fourth-order valence-corrected chi connectivity index (χ4v) is 5.35. The van der Waals surface area contributed by atoms with Crippen LogP contribution in [0.2, 0.25) is 0 Å². The first-order valence-electron chi connectivity index (χ1n) is 12.2.